The predicted octanol–water partition coefficient (Wildman–Crippen LogP) is 2.90. The molecule has 0 aliphatic heterocycles. The number of carbonyl (C=O) groups excluding carboxylic acids is 1. The number of tetrazole rings is 1. The van der Waals surface area contributed by atoms with Crippen molar-refractivity contribution in [2.75, 3.05) is 5.75 Å². The van der Waals surface area contributed by atoms with Crippen LogP contribution in [0.3, 0.4) is 0 Å². The van der Waals surface area contributed by atoms with Crippen LogP contribution in [-0.4, -0.2) is 31.7 Å². The quantitative estimate of drug-likeness (QED) is 0.628. The normalized spacial score (nSPS) is 10.9. The molecule has 1 heterocycles. The average Bonchev–Trinajstić information content (AvgIpc) is 2.90. The smallest absolute Gasteiger partial charge is 0.209 e. The van der Waals surface area contributed by atoms with E-state index in [0.29, 0.717) is 17.5 Å². The summed E-state index contributed by atoms with van der Waals surface area (Å²) in [5.74, 6) is 0.484. The number of hydrogen-bond donors (Lipinski definition) is 0. The zero-order valence-corrected chi connectivity index (χ0v) is 13.9. The second-order valence-electron chi connectivity index (χ2n) is 5.12. The summed E-state index contributed by atoms with van der Waals surface area (Å²) in [5.41, 5.74) is 5.29. The van der Waals surface area contributed by atoms with Gasteiger partial charge in [-0.2, -0.15) is 0 Å². The van der Waals surface area contributed by atoms with Gasteiger partial charge in [-0.15, -0.1) is 5.10 Å². The number of thioether (sulfide) groups is 1. The third kappa shape index (κ3) is 3.15. The van der Waals surface area contributed by atoms with E-state index in [9.17, 15) is 4.79 Å². The highest BCUT2D eigenvalue weighted by atomic mass is 32.2. The molecule has 0 spiro atoms. The van der Waals surface area contributed by atoms with Gasteiger partial charge >= 0.3 is 0 Å². The maximum atomic E-state index is 12.6. The summed E-state index contributed by atoms with van der Waals surface area (Å²) in [5, 5.41) is 12.1. The van der Waals surface area contributed by atoms with Gasteiger partial charge in [0.05, 0.1) is 5.75 Å². The first-order valence-electron chi connectivity index (χ1n) is 6.95. The largest absolute Gasteiger partial charge is 0.293 e. The van der Waals surface area contributed by atoms with Crippen LogP contribution in [0, 0.1) is 27.7 Å². The van der Waals surface area contributed by atoms with Crippen molar-refractivity contribution >= 4 is 17.5 Å². The molecule has 21 heavy (non-hydrogen) atoms. The molecule has 0 fully saturated rings. The highest BCUT2D eigenvalue weighted by Gasteiger charge is 2.17. The summed E-state index contributed by atoms with van der Waals surface area (Å²) in [7, 11) is 0. The number of ketones is 1. The van der Waals surface area contributed by atoms with E-state index in [0.717, 1.165) is 27.8 Å². The first-order chi connectivity index (χ1) is 9.95. The summed E-state index contributed by atoms with van der Waals surface area (Å²) in [4.78, 5) is 12.6. The van der Waals surface area contributed by atoms with Gasteiger partial charge in [0, 0.05) is 12.1 Å². The minimum absolute atomic E-state index is 0.132. The minimum Gasteiger partial charge on any atom is -0.293 e. The van der Waals surface area contributed by atoms with Crippen molar-refractivity contribution in [3.8, 4) is 0 Å². The molecule has 6 heteroatoms. The van der Waals surface area contributed by atoms with Crippen LogP contribution in [0.1, 0.15) is 39.5 Å². The fourth-order valence-electron chi connectivity index (χ4n) is 2.34. The van der Waals surface area contributed by atoms with Crippen molar-refractivity contribution in [2.24, 2.45) is 0 Å². The number of rotatable bonds is 5. The number of carbonyl (C=O) groups is 1. The molecule has 0 saturated heterocycles. The number of aromatic nitrogens is 4. The topological polar surface area (TPSA) is 60.7 Å². The molecule has 0 bridgehead atoms. The lowest BCUT2D eigenvalue weighted by molar-refractivity contribution is 0.102. The molecular formula is C15H20N4OS. The Morgan fingerprint density at radius 1 is 1.19 bits per heavy atom. The van der Waals surface area contributed by atoms with E-state index in [1.165, 1.54) is 11.8 Å². The first-order valence-corrected chi connectivity index (χ1v) is 7.93. The van der Waals surface area contributed by atoms with E-state index >= 15 is 0 Å². The molecule has 2 rings (SSSR count). The van der Waals surface area contributed by atoms with Crippen LogP contribution >= 0.6 is 11.8 Å². The van der Waals surface area contributed by atoms with Gasteiger partial charge in [0.15, 0.2) is 5.78 Å². The molecule has 2 aromatic rings. The van der Waals surface area contributed by atoms with Gasteiger partial charge in [0.25, 0.3) is 0 Å². The van der Waals surface area contributed by atoms with Crippen molar-refractivity contribution in [2.45, 2.75) is 46.3 Å². The fourth-order valence-corrected chi connectivity index (χ4v) is 3.15. The zero-order chi connectivity index (χ0) is 15.6. The van der Waals surface area contributed by atoms with Crippen molar-refractivity contribution in [3.05, 3.63) is 33.9 Å². The molecular weight excluding hydrogens is 284 g/mol. The zero-order valence-electron chi connectivity index (χ0n) is 13.1. The van der Waals surface area contributed by atoms with Gasteiger partial charge in [0.1, 0.15) is 0 Å². The predicted molar refractivity (Wildman–Crippen MR) is 83.9 cm³/mol. The van der Waals surface area contributed by atoms with Gasteiger partial charge < -0.3 is 0 Å². The maximum Gasteiger partial charge on any atom is 0.209 e. The molecule has 0 unspecified atom stereocenters. The van der Waals surface area contributed by atoms with Crippen molar-refractivity contribution in [1.29, 1.82) is 0 Å². The van der Waals surface area contributed by atoms with Crippen LogP contribution < -0.4 is 0 Å². The third-order valence-corrected chi connectivity index (χ3v) is 4.73. The average molecular weight is 304 g/mol. The number of nitrogens with zero attached hydrogens (tertiary/aromatic N) is 4. The van der Waals surface area contributed by atoms with Gasteiger partial charge in [-0.3, -0.25) is 4.79 Å². The lowest BCUT2D eigenvalue weighted by Crippen LogP contribution is -2.10. The van der Waals surface area contributed by atoms with E-state index in [2.05, 4.69) is 21.6 Å². The van der Waals surface area contributed by atoms with Crippen molar-refractivity contribution in [1.82, 2.24) is 20.2 Å². The Morgan fingerprint density at radius 3 is 2.38 bits per heavy atom. The van der Waals surface area contributed by atoms with Crippen LogP contribution in [0.15, 0.2) is 11.2 Å². The van der Waals surface area contributed by atoms with E-state index in [-0.39, 0.29) is 5.78 Å². The lowest BCUT2D eigenvalue weighted by Gasteiger charge is -2.14. The Balaban J connectivity index is 2.22. The highest BCUT2D eigenvalue weighted by molar-refractivity contribution is 7.99. The summed E-state index contributed by atoms with van der Waals surface area (Å²) < 4.78 is 1.69. The Hall–Kier alpha value is -1.69. The summed E-state index contributed by atoms with van der Waals surface area (Å²) in [6, 6.07) is 2.13. The summed E-state index contributed by atoms with van der Waals surface area (Å²) in [6.45, 7) is 10.8. The second kappa shape index (κ2) is 6.39. The molecule has 0 N–H and O–H groups in total. The second-order valence-corrected chi connectivity index (χ2v) is 6.07. The summed E-state index contributed by atoms with van der Waals surface area (Å²) in [6.07, 6.45) is 0. The van der Waals surface area contributed by atoms with Gasteiger partial charge in [-0.1, -0.05) is 17.8 Å². The molecule has 0 saturated carbocycles. The standard InChI is InChI=1S/C15H20N4OS/c1-6-19-15(16-17-18-19)21-8-13(20)14-11(4)9(2)7-10(3)12(14)5/h7H,6,8H2,1-5H3. The van der Waals surface area contributed by atoms with E-state index in [1.54, 1.807) is 4.68 Å². The van der Waals surface area contributed by atoms with Gasteiger partial charge in [-0.05, 0) is 67.3 Å². The molecule has 0 aliphatic rings. The monoisotopic (exact) mass is 304 g/mol. The first kappa shape index (κ1) is 15.7. The molecule has 0 aliphatic carbocycles. The minimum atomic E-state index is 0.132. The Morgan fingerprint density at radius 2 is 1.81 bits per heavy atom. The molecule has 1 aromatic heterocycles. The number of Topliss-reactive ketones (excluding diaryl/α,β-unsaturated/α-hetero) is 1. The molecule has 1 aromatic carbocycles. The van der Waals surface area contributed by atoms with Crippen LogP contribution in [-0.2, 0) is 6.54 Å². The van der Waals surface area contributed by atoms with Gasteiger partial charge in [0.2, 0.25) is 5.16 Å². The number of benzene rings is 1. The fraction of sp³-hybridized carbons (Fsp3) is 0.467. The lowest BCUT2D eigenvalue weighted by atomic mass is 9.92. The third-order valence-electron chi connectivity index (χ3n) is 3.78. The Labute approximate surface area is 129 Å². The summed E-state index contributed by atoms with van der Waals surface area (Å²) >= 11 is 1.39. The molecule has 0 radical (unpaired) electrons. The van der Waals surface area contributed by atoms with Gasteiger partial charge in [-0.25, -0.2) is 4.68 Å². The van der Waals surface area contributed by atoms with E-state index < -0.39 is 0 Å². The van der Waals surface area contributed by atoms with Crippen LogP contribution in [0.25, 0.3) is 0 Å². The van der Waals surface area contributed by atoms with E-state index in [1.807, 2.05) is 34.6 Å². The van der Waals surface area contributed by atoms with Crippen LogP contribution in [0.2, 0.25) is 0 Å². The SMILES string of the molecule is CCn1nnnc1SCC(=O)c1c(C)c(C)cc(C)c1C. The number of hydrogen-bond acceptors (Lipinski definition) is 5. The molecule has 0 atom stereocenters. The Kier molecular flexibility index (Phi) is 4.77. The van der Waals surface area contributed by atoms with Crippen molar-refractivity contribution in [3.63, 3.8) is 0 Å². The maximum absolute atomic E-state index is 12.6. The van der Waals surface area contributed by atoms with Crippen LogP contribution in [0.5, 0.6) is 0 Å². The molecule has 112 valence electrons. The highest BCUT2D eigenvalue weighted by Crippen LogP contribution is 2.24. The molecule has 0 amide bonds. The van der Waals surface area contributed by atoms with Crippen molar-refractivity contribution < 1.29 is 4.79 Å². The van der Waals surface area contributed by atoms with E-state index in [4.69, 9.17) is 0 Å². The number of aryl methyl sites for hydroxylation is 3. The van der Waals surface area contributed by atoms with Crippen LogP contribution in [0.4, 0.5) is 0 Å². The molecule has 5 nitrogen and oxygen atoms in total. The Bertz CT molecular complexity index is 652.